The molecular weight excluding hydrogens is 414 g/mol. The number of hydrogen-bond acceptors (Lipinski definition) is 4. The van der Waals surface area contributed by atoms with Crippen LogP contribution in [0, 0.1) is 5.92 Å². The van der Waals surface area contributed by atoms with Crippen molar-refractivity contribution in [3.05, 3.63) is 53.6 Å². The van der Waals surface area contributed by atoms with E-state index in [1.165, 1.54) is 16.4 Å². The zero-order valence-corrected chi connectivity index (χ0v) is 18.0. The van der Waals surface area contributed by atoms with Gasteiger partial charge in [-0.2, -0.15) is 4.31 Å². The summed E-state index contributed by atoms with van der Waals surface area (Å²) in [4.78, 5) is 27.1. The van der Waals surface area contributed by atoms with E-state index in [-0.39, 0.29) is 22.6 Å². The Bertz CT molecular complexity index is 1130. The summed E-state index contributed by atoms with van der Waals surface area (Å²) in [5, 5.41) is 2.88. The van der Waals surface area contributed by atoms with Gasteiger partial charge in [-0.1, -0.05) is 0 Å². The maximum absolute atomic E-state index is 12.7. The Morgan fingerprint density at radius 3 is 2.32 bits per heavy atom. The highest BCUT2D eigenvalue weighted by Crippen LogP contribution is 2.37. The van der Waals surface area contributed by atoms with Crippen LogP contribution in [0.4, 0.5) is 11.4 Å². The van der Waals surface area contributed by atoms with Crippen LogP contribution >= 0.6 is 0 Å². The Kier molecular flexibility index (Phi) is 5.06. The van der Waals surface area contributed by atoms with Gasteiger partial charge < -0.3 is 10.2 Å². The molecule has 2 aliphatic heterocycles. The summed E-state index contributed by atoms with van der Waals surface area (Å²) in [5.74, 6) is 0.0936. The Hall–Kier alpha value is -2.71. The van der Waals surface area contributed by atoms with Crippen LogP contribution in [-0.4, -0.2) is 44.2 Å². The normalized spacial score (nSPS) is 18.8. The van der Waals surface area contributed by atoms with E-state index in [9.17, 15) is 18.0 Å². The quantitative estimate of drug-likeness (QED) is 0.776. The third-order valence-corrected chi connectivity index (χ3v) is 8.16. The average Bonchev–Trinajstić information content (AvgIpc) is 3.30. The molecule has 162 valence electrons. The molecule has 1 saturated carbocycles. The van der Waals surface area contributed by atoms with Gasteiger partial charge in [0.1, 0.15) is 0 Å². The lowest BCUT2D eigenvalue weighted by molar-refractivity contribution is -0.119. The molecule has 2 fully saturated rings. The van der Waals surface area contributed by atoms with Crippen molar-refractivity contribution in [3.8, 4) is 0 Å². The molecule has 1 N–H and O–H groups in total. The first-order chi connectivity index (χ1) is 14.9. The number of nitrogens with zero attached hydrogens (tertiary/aromatic N) is 2. The van der Waals surface area contributed by atoms with Crippen LogP contribution in [0.15, 0.2) is 47.4 Å². The Balaban J connectivity index is 1.28. The van der Waals surface area contributed by atoms with Crippen molar-refractivity contribution in [2.24, 2.45) is 5.92 Å². The first-order valence-electron chi connectivity index (χ1n) is 10.8. The largest absolute Gasteiger partial charge is 0.322 e. The van der Waals surface area contributed by atoms with Crippen LogP contribution in [0.2, 0.25) is 0 Å². The number of hydrogen-bond donors (Lipinski definition) is 1. The van der Waals surface area contributed by atoms with Gasteiger partial charge in [0, 0.05) is 42.5 Å². The maximum Gasteiger partial charge on any atom is 0.255 e. The number of benzene rings is 2. The minimum Gasteiger partial charge on any atom is -0.322 e. The van der Waals surface area contributed by atoms with Crippen molar-refractivity contribution in [3.63, 3.8) is 0 Å². The third-order valence-electron chi connectivity index (χ3n) is 6.24. The molecule has 3 aliphatic rings. The molecule has 1 saturated heterocycles. The second-order valence-corrected chi connectivity index (χ2v) is 10.4. The zero-order chi connectivity index (χ0) is 21.6. The smallest absolute Gasteiger partial charge is 0.255 e. The second kappa shape index (κ2) is 7.76. The van der Waals surface area contributed by atoms with E-state index in [1.54, 1.807) is 18.2 Å². The summed E-state index contributed by atoms with van der Waals surface area (Å²) in [6, 6.07) is 11.7. The number of sulfonamides is 1. The summed E-state index contributed by atoms with van der Waals surface area (Å²) < 4.78 is 26.8. The molecule has 2 heterocycles. The lowest BCUT2D eigenvalue weighted by Crippen LogP contribution is -2.30. The first kappa shape index (κ1) is 20.2. The van der Waals surface area contributed by atoms with Gasteiger partial charge in [0.05, 0.1) is 4.90 Å². The fraction of sp³-hybridized carbons (Fsp3) is 0.391. The van der Waals surface area contributed by atoms with Crippen molar-refractivity contribution in [2.45, 2.75) is 37.0 Å². The van der Waals surface area contributed by atoms with E-state index in [1.807, 2.05) is 17.0 Å². The topological polar surface area (TPSA) is 86.8 Å². The van der Waals surface area contributed by atoms with E-state index in [4.69, 9.17) is 0 Å². The van der Waals surface area contributed by atoms with Crippen LogP contribution < -0.4 is 10.2 Å². The monoisotopic (exact) mass is 439 g/mol. The minimum atomic E-state index is -3.49. The summed E-state index contributed by atoms with van der Waals surface area (Å²) in [6.45, 7) is 1.79. The molecule has 0 bridgehead atoms. The fourth-order valence-corrected chi connectivity index (χ4v) is 5.84. The van der Waals surface area contributed by atoms with Crippen molar-refractivity contribution < 1.29 is 18.0 Å². The molecule has 7 nitrogen and oxygen atoms in total. The van der Waals surface area contributed by atoms with E-state index < -0.39 is 10.0 Å². The van der Waals surface area contributed by atoms with Crippen LogP contribution in [0.5, 0.6) is 0 Å². The number of rotatable bonds is 5. The average molecular weight is 440 g/mol. The van der Waals surface area contributed by atoms with Gasteiger partial charge >= 0.3 is 0 Å². The highest BCUT2D eigenvalue weighted by atomic mass is 32.2. The van der Waals surface area contributed by atoms with Crippen molar-refractivity contribution in [2.75, 3.05) is 29.9 Å². The molecule has 8 heteroatoms. The Morgan fingerprint density at radius 2 is 1.65 bits per heavy atom. The van der Waals surface area contributed by atoms with Gasteiger partial charge in [-0.25, -0.2) is 8.42 Å². The van der Waals surface area contributed by atoms with Crippen LogP contribution in [0.3, 0.4) is 0 Å². The van der Waals surface area contributed by atoms with Gasteiger partial charge in [0.2, 0.25) is 15.9 Å². The molecule has 0 aromatic heterocycles. The molecule has 1 aliphatic carbocycles. The molecule has 2 aromatic rings. The zero-order valence-electron chi connectivity index (χ0n) is 17.2. The Morgan fingerprint density at radius 1 is 0.935 bits per heavy atom. The van der Waals surface area contributed by atoms with Gasteiger partial charge in [-0.15, -0.1) is 0 Å². The predicted molar refractivity (Wildman–Crippen MR) is 118 cm³/mol. The number of carbonyl (C=O) groups excluding carboxylic acids is 2. The highest BCUT2D eigenvalue weighted by molar-refractivity contribution is 7.89. The number of nitrogens with one attached hydrogen (secondary N) is 1. The minimum absolute atomic E-state index is 0.183. The maximum atomic E-state index is 12.7. The summed E-state index contributed by atoms with van der Waals surface area (Å²) in [5.41, 5.74) is 3.05. The molecule has 5 rings (SSSR count). The molecule has 31 heavy (non-hydrogen) atoms. The van der Waals surface area contributed by atoms with Crippen LogP contribution in [-0.2, 0) is 21.2 Å². The van der Waals surface area contributed by atoms with Gasteiger partial charge in [0.25, 0.3) is 5.91 Å². The standard InChI is InChI=1S/C23H25N3O4S/c27-22(16-5-8-20(9-6-16)31(29,30)25-12-1-2-13-25)24-19-7-10-21-18(15-19)11-14-26(21)23(28)17-3-4-17/h5-10,15,17H,1-4,11-14H2,(H,24,27). The number of fused-ring (bicyclic) bond motifs is 1. The second-order valence-electron chi connectivity index (χ2n) is 8.45. The molecule has 0 spiro atoms. The SMILES string of the molecule is O=C(Nc1ccc2c(c1)CCN2C(=O)C1CC1)c1ccc(S(=O)(=O)N2CCCC2)cc1. The molecular formula is C23H25N3O4S. The third kappa shape index (κ3) is 3.85. The number of anilines is 2. The molecule has 0 radical (unpaired) electrons. The lowest BCUT2D eigenvalue weighted by atomic mass is 10.1. The van der Waals surface area contributed by atoms with Crippen molar-refractivity contribution in [1.29, 1.82) is 0 Å². The van der Waals surface area contributed by atoms with Crippen molar-refractivity contribution in [1.82, 2.24) is 4.31 Å². The summed E-state index contributed by atoms with van der Waals surface area (Å²) in [6.07, 6.45) is 4.51. The van der Waals surface area contributed by atoms with Gasteiger partial charge in [-0.3, -0.25) is 9.59 Å². The molecule has 0 atom stereocenters. The number of amides is 2. The Labute approximate surface area is 182 Å². The molecule has 0 unspecified atom stereocenters. The summed E-state index contributed by atoms with van der Waals surface area (Å²) in [7, 11) is -3.49. The van der Waals surface area contributed by atoms with E-state index in [2.05, 4.69) is 5.32 Å². The van der Waals surface area contributed by atoms with E-state index in [0.29, 0.717) is 30.9 Å². The first-order valence-corrected chi connectivity index (χ1v) is 12.2. The highest BCUT2D eigenvalue weighted by Gasteiger charge is 2.36. The number of carbonyl (C=O) groups is 2. The van der Waals surface area contributed by atoms with Gasteiger partial charge in [0.15, 0.2) is 0 Å². The predicted octanol–water partition coefficient (Wildman–Crippen LogP) is 3.02. The van der Waals surface area contributed by atoms with E-state index >= 15 is 0 Å². The molecule has 2 amide bonds. The van der Waals surface area contributed by atoms with Crippen molar-refractivity contribution >= 4 is 33.2 Å². The molecule has 2 aromatic carbocycles. The fourth-order valence-electron chi connectivity index (χ4n) is 4.32. The lowest BCUT2D eigenvalue weighted by Gasteiger charge is -2.17. The van der Waals surface area contributed by atoms with E-state index in [0.717, 1.165) is 43.4 Å². The van der Waals surface area contributed by atoms with Crippen LogP contribution in [0.25, 0.3) is 0 Å². The summed E-state index contributed by atoms with van der Waals surface area (Å²) >= 11 is 0. The van der Waals surface area contributed by atoms with Crippen LogP contribution in [0.1, 0.15) is 41.6 Å². The van der Waals surface area contributed by atoms with Gasteiger partial charge in [-0.05, 0) is 80.1 Å².